The molecule has 0 aliphatic carbocycles. The van der Waals surface area contributed by atoms with Gasteiger partial charge in [-0.2, -0.15) is 0 Å². The van der Waals surface area contributed by atoms with Crippen molar-refractivity contribution in [3.8, 4) is 0 Å². The predicted octanol–water partition coefficient (Wildman–Crippen LogP) is -0.0154. The summed E-state index contributed by atoms with van der Waals surface area (Å²) in [7, 11) is 0. The lowest BCUT2D eigenvalue weighted by Crippen LogP contribution is -2.18. The van der Waals surface area contributed by atoms with E-state index in [-0.39, 0.29) is 13.0 Å². The summed E-state index contributed by atoms with van der Waals surface area (Å²) in [6.45, 7) is 0.128. The topological polar surface area (TPSA) is 77.8 Å². The van der Waals surface area contributed by atoms with Crippen LogP contribution in [0.2, 0.25) is 0 Å². The summed E-state index contributed by atoms with van der Waals surface area (Å²) < 4.78 is 0. The second kappa shape index (κ2) is 6.12. The van der Waals surface area contributed by atoms with Crippen molar-refractivity contribution < 1.29 is 20.1 Å². The van der Waals surface area contributed by atoms with Crippen molar-refractivity contribution in [2.24, 2.45) is 0 Å². The smallest absolute Gasteiger partial charge is 0.332 e. The molecule has 66 valence electrons. The zero-order chi connectivity index (χ0) is 8.69. The molecule has 4 nitrogen and oxygen atoms in total. The van der Waals surface area contributed by atoms with Crippen LogP contribution in [-0.2, 0) is 4.79 Å². The second-order valence-corrected chi connectivity index (χ2v) is 2.43. The number of aliphatic carboxylic acids is 1. The molecule has 0 saturated carbocycles. The Morgan fingerprint density at radius 2 is 1.91 bits per heavy atom. The first-order valence-corrected chi connectivity index (χ1v) is 3.70. The Balaban J connectivity index is 3.17. The fourth-order valence-corrected chi connectivity index (χ4v) is 0.750. The molecule has 3 N–H and O–H groups in total. The van der Waals surface area contributed by atoms with Gasteiger partial charge in [0, 0.05) is 6.61 Å². The lowest BCUT2D eigenvalue weighted by atomic mass is 10.1. The highest BCUT2D eigenvalue weighted by atomic mass is 16.4. The van der Waals surface area contributed by atoms with E-state index in [1.807, 2.05) is 0 Å². The molecule has 4 heteroatoms. The van der Waals surface area contributed by atoms with Crippen molar-refractivity contribution in [2.75, 3.05) is 6.61 Å². The Kier molecular flexibility index (Phi) is 5.78. The fourth-order valence-electron chi connectivity index (χ4n) is 0.750. The highest BCUT2D eigenvalue weighted by Crippen LogP contribution is 2.02. The molecule has 0 spiro atoms. The Morgan fingerprint density at radius 1 is 1.27 bits per heavy atom. The lowest BCUT2D eigenvalue weighted by molar-refractivity contribution is -0.146. The van der Waals surface area contributed by atoms with Crippen molar-refractivity contribution >= 4 is 5.97 Å². The highest BCUT2D eigenvalue weighted by Gasteiger charge is 2.11. The average Bonchev–Trinajstić information content (AvgIpc) is 1.97. The quantitative estimate of drug-likeness (QED) is 0.480. The number of hydrogen-bond donors (Lipinski definition) is 3. The molecule has 0 heterocycles. The van der Waals surface area contributed by atoms with Crippen LogP contribution in [0.15, 0.2) is 0 Å². The Bertz CT molecular complexity index is 113. The molecule has 0 radical (unpaired) electrons. The van der Waals surface area contributed by atoms with Crippen LogP contribution in [0.1, 0.15) is 25.7 Å². The van der Waals surface area contributed by atoms with Crippen molar-refractivity contribution in [3.63, 3.8) is 0 Å². The van der Waals surface area contributed by atoms with Crippen molar-refractivity contribution in [2.45, 2.75) is 31.8 Å². The number of carboxylic acid groups (broad SMARTS) is 1. The van der Waals surface area contributed by atoms with E-state index < -0.39 is 12.1 Å². The van der Waals surface area contributed by atoms with E-state index in [2.05, 4.69) is 0 Å². The van der Waals surface area contributed by atoms with Crippen molar-refractivity contribution in [1.29, 1.82) is 0 Å². The van der Waals surface area contributed by atoms with Gasteiger partial charge in [0.1, 0.15) is 0 Å². The molecule has 0 aromatic heterocycles. The molecule has 0 aliphatic heterocycles. The molecule has 0 saturated heterocycles. The maximum absolute atomic E-state index is 10.1. The Hall–Kier alpha value is -0.610. The second-order valence-electron chi connectivity index (χ2n) is 2.43. The van der Waals surface area contributed by atoms with E-state index in [0.717, 1.165) is 6.42 Å². The summed E-state index contributed by atoms with van der Waals surface area (Å²) in [6, 6.07) is 0. The monoisotopic (exact) mass is 162 g/mol. The van der Waals surface area contributed by atoms with Crippen LogP contribution in [0, 0.1) is 0 Å². The standard InChI is InChI=1S/C7H14O4/c8-5-3-1-2-4-6(9)7(10)11/h6,8-9H,1-5H2,(H,10,11). The molecule has 0 aromatic carbocycles. The minimum absolute atomic E-state index is 0.128. The molecule has 0 aliphatic rings. The average molecular weight is 162 g/mol. The zero-order valence-electron chi connectivity index (χ0n) is 6.36. The first-order valence-electron chi connectivity index (χ1n) is 3.70. The van der Waals surface area contributed by atoms with E-state index in [9.17, 15) is 4.79 Å². The minimum Gasteiger partial charge on any atom is -0.479 e. The third-order valence-corrected chi connectivity index (χ3v) is 1.42. The first kappa shape index (κ1) is 10.4. The minimum atomic E-state index is -1.24. The van der Waals surface area contributed by atoms with Crippen LogP contribution >= 0.6 is 0 Å². The maximum Gasteiger partial charge on any atom is 0.332 e. The number of carbonyl (C=O) groups is 1. The molecule has 0 amide bonds. The molecule has 0 rings (SSSR count). The van der Waals surface area contributed by atoms with E-state index >= 15 is 0 Å². The van der Waals surface area contributed by atoms with E-state index in [1.165, 1.54) is 0 Å². The van der Waals surface area contributed by atoms with Gasteiger partial charge in [-0.05, 0) is 12.8 Å². The van der Waals surface area contributed by atoms with Crippen LogP contribution in [0.5, 0.6) is 0 Å². The molecular weight excluding hydrogens is 148 g/mol. The SMILES string of the molecule is O=C(O)C(O)CCCCCO. The number of hydrogen-bond acceptors (Lipinski definition) is 3. The number of carboxylic acids is 1. The summed E-state index contributed by atoms with van der Waals surface area (Å²) in [5, 5.41) is 25.4. The summed E-state index contributed by atoms with van der Waals surface area (Å²) in [5.41, 5.74) is 0. The Morgan fingerprint density at radius 3 is 2.36 bits per heavy atom. The van der Waals surface area contributed by atoms with E-state index in [4.69, 9.17) is 15.3 Å². The van der Waals surface area contributed by atoms with Gasteiger partial charge < -0.3 is 15.3 Å². The normalized spacial score (nSPS) is 12.9. The fraction of sp³-hybridized carbons (Fsp3) is 0.857. The molecule has 0 aromatic rings. The predicted molar refractivity (Wildman–Crippen MR) is 39.2 cm³/mol. The number of aliphatic hydroxyl groups is 2. The first-order chi connectivity index (χ1) is 5.18. The highest BCUT2D eigenvalue weighted by molar-refractivity contribution is 5.71. The summed E-state index contributed by atoms with van der Waals surface area (Å²) in [5.74, 6) is -1.17. The van der Waals surface area contributed by atoms with Crippen LogP contribution in [0.4, 0.5) is 0 Å². The van der Waals surface area contributed by atoms with Gasteiger partial charge in [0.15, 0.2) is 6.10 Å². The van der Waals surface area contributed by atoms with Crippen LogP contribution < -0.4 is 0 Å². The van der Waals surface area contributed by atoms with Crippen LogP contribution in [-0.4, -0.2) is 34.0 Å². The molecule has 0 fully saturated rings. The molecule has 1 unspecified atom stereocenters. The van der Waals surface area contributed by atoms with Crippen molar-refractivity contribution in [3.05, 3.63) is 0 Å². The zero-order valence-corrected chi connectivity index (χ0v) is 6.36. The van der Waals surface area contributed by atoms with Crippen molar-refractivity contribution in [1.82, 2.24) is 0 Å². The van der Waals surface area contributed by atoms with Gasteiger partial charge in [-0.3, -0.25) is 0 Å². The van der Waals surface area contributed by atoms with Crippen LogP contribution in [0.25, 0.3) is 0 Å². The molecule has 1 atom stereocenters. The van der Waals surface area contributed by atoms with E-state index in [1.54, 1.807) is 0 Å². The third kappa shape index (κ3) is 5.82. The Labute approximate surface area is 65.5 Å². The molecule has 0 bridgehead atoms. The van der Waals surface area contributed by atoms with Crippen LogP contribution in [0.3, 0.4) is 0 Å². The third-order valence-electron chi connectivity index (χ3n) is 1.42. The number of unbranched alkanes of at least 4 members (excludes halogenated alkanes) is 2. The van der Waals surface area contributed by atoms with Gasteiger partial charge in [0.25, 0.3) is 0 Å². The summed E-state index contributed by atoms with van der Waals surface area (Å²) in [6.07, 6.45) is 1.12. The lowest BCUT2D eigenvalue weighted by Gasteiger charge is -2.03. The molecular formula is C7H14O4. The van der Waals surface area contributed by atoms with Gasteiger partial charge in [0.05, 0.1) is 0 Å². The van der Waals surface area contributed by atoms with Gasteiger partial charge in [-0.15, -0.1) is 0 Å². The van der Waals surface area contributed by atoms with Gasteiger partial charge in [-0.1, -0.05) is 12.8 Å². The summed E-state index contributed by atoms with van der Waals surface area (Å²) >= 11 is 0. The van der Waals surface area contributed by atoms with Gasteiger partial charge in [0.2, 0.25) is 0 Å². The summed E-state index contributed by atoms with van der Waals surface area (Å²) in [4.78, 5) is 10.1. The maximum atomic E-state index is 10.1. The van der Waals surface area contributed by atoms with E-state index in [0.29, 0.717) is 12.8 Å². The van der Waals surface area contributed by atoms with Gasteiger partial charge >= 0.3 is 5.97 Å². The molecule has 11 heavy (non-hydrogen) atoms. The largest absolute Gasteiger partial charge is 0.479 e. The number of rotatable bonds is 6. The number of aliphatic hydroxyl groups excluding tert-OH is 2. The van der Waals surface area contributed by atoms with Gasteiger partial charge in [-0.25, -0.2) is 4.79 Å².